The number of hydrogen-bond acceptors (Lipinski definition) is 3. The van der Waals surface area contributed by atoms with Gasteiger partial charge in [0.1, 0.15) is 0 Å². The molecule has 1 saturated heterocycles. The van der Waals surface area contributed by atoms with E-state index in [-0.39, 0.29) is 11.8 Å². The lowest BCUT2D eigenvalue weighted by atomic mass is 9.90. The van der Waals surface area contributed by atoms with E-state index in [9.17, 15) is 14.7 Å². The molecular weight excluding hydrogens is 270 g/mol. The number of carbonyl (C=O) groups excluding carboxylic acids is 1. The van der Waals surface area contributed by atoms with Crippen molar-refractivity contribution in [3.63, 3.8) is 0 Å². The standard InChI is InChI=1S/C16H19NO4/c18-15(12-6-9-21-10-7-12)17-8-5-11-3-1-2-4-13(11)14(17)16(19)20/h1-4,12,14H,5-10H2,(H,19,20). The van der Waals surface area contributed by atoms with Gasteiger partial charge in [-0.1, -0.05) is 24.3 Å². The van der Waals surface area contributed by atoms with Crippen molar-refractivity contribution in [2.45, 2.75) is 25.3 Å². The molecule has 1 fully saturated rings. The Morgan fingerprint density at radius 1 is 1.19 bits per heavy atom. The van der Waals surface area contributed by atoms with E-state index in [1.165, 1.54) is 0 Å². The maximum absolute atomic E-state index is 12.7. The van der Waals surface area contributed by atoms with Gasteiger partial charge in [0.25, 0.3) is 0 Å². The lowest BCUT2D eigenvalue weighted by Crippen LogP contribution is -2.47. The SMILES string of the molecule is O=C(O)C1c2ccccc2CCN1C(=O)C1CCOCC1. The van der Waals surface area contributed by atoms with Gasteiger partial charge in [-0.2, -0.15) is 0 Å². The van der Waals surface area contributed by atoms with Crippen LogP contribution in [0.1, 0.15) is 30.0 Å². The minimum atomic E-state index is -0.956. The van der Waals surface area contributed by atoms with Gasteiger partial charge in [0.2, 0.25) is 5.91 Å². The summed E-state index contributed by atoms with van der Waals surface area (Å²) in [5.74, 6) is -1.10. The number of hydrogen-bond donors (Lipinski definition) is 1. The van der Waals surface area contributed by atoms with Crippen LogP contribution >= 0.6 is 0 Å². The zero-order chi connectivity index (χ0) is 14.8. The molecule has 0 saturated carbocycles. The first kappa shape index (κ1) is 14.1. The molecule has 5 heteroatoms. The zero-order valence-corrected chi connectivity index (χ0v) is 11.8. The van der Waals surface area contributed by atoms with Crippen LogP contribution in [0.25, 0.3) is 0 Å². The highest BCUT2D eigenvalue weighted by atomic mass is 16.5. The van der Waals surface area contributed by atoms with Gasteiger partial charge in [-0.25, -0.2) is 4.79 Å². The summed E-state index contributed by atoms with van der Waals surface area (Å²) in [5.41, 5.74) is 1.78. The summed E-state index contributed by atoms with van der Waals surface area (Å²) < 4.78 is 5.28. The van der Waals surface area contributed by atoms with Crippen molar-refractivity contribution < 1.29 is 19.4 Å². The molecule has 1 amide bonds. The molecule has 0 bridgehead atoms. The second-order valence-corrected chi connectivity index (χ2v) is 5.61. The highest BCUT2D eigenvalue weighted by Gasteiger charge is 2.38. The Balaban J connectivity index is 1.88. The molecule has 1 atom stereocenters. The van der Waals surface area contributed by atoms with E-state index in [2.05, 4.69) is 0 Å². The van der Waals surface area contributed by atoms with Gasteiger partial charge in [-0.3, -0.25) is 4.79 Å². The van der Waals surface area contributed by atoms with Gasteiger partial charge in [-0.05, 0) is 30.4 Å². The van der Waals surface area contributed by atoms with Gasteiger partial charge in [-0.15, -0.1) is 0 Å². The highest BCUT2D eigenvalue weighted by Crippen LogP contribution is 2.32. The number of amides is 1. The average molecular weight is 289 g/mol. The molecule has 2 heterocycles. The minimum Gasteiger partial charge on any atom is -0.479 e. The number of carbonyl (C=O) groups is 2. The minimum absolute atomic E-state index is 0.0415. The van der Waals surface area contributed by atoms with Crippen LogP contribution in [-0.4, -0.2) is 41.6 Å². The first-order valence-electron chi connectivity index (χ1n) is 7.37. The third kappa shape index (κ3) is 2.65. The van der Waals surface area contributed by atoms with Crippen molar-refractivity contribution in [2.75, 3.05) is 19.8 Å². The van der Waals surface area contributed by atoms with E-state index in [0.717, 1.165) is 17.5 Å². The number of carboxylic acid groups (broad SMARTS) is 1. The molecule has 1 N–H and O–H groups in total. The van der Waals surface area contributed by atoms with Crippen LogP contribution in [-0.2, 0) is 20.7 Å². The van der Waals surface area contributed by atoms with E-state index in [4.69, 9.17) is 4.74 Å². The first-order valence-corrected chi connectivity index (χ1v) is 7.37. The van der Waals surface area contributed by atoms with E-state index in [0.29, 0.717) is 32.6 Å². The Bertz CT molecular complexity index is 551. The number of carboxylic acids is 1. The number of rotatable bonds is 2. The van der Waals surface area contributed by atoms with Crippen LogP contribution in [0.2, 0.25) is 0 Å². The van der Waals surface area contributed by atoms with Gasteiger partial charge < -0.3 is 14.7 Å². The van der Waals surface area contributed by atoms with Gasteiger partial charge >= 0.3 is 5.97 Å². The van der Waals surface area contributed by atoms with Crippen LogP contribution < -0.4 is 0 Å². The normalized spacial score (nSPS) is 22.7. The van der Waals surface area contributed by atoms with E-state index in [1.54, 1.807) is 4.90 Å². The maximum Gasteiger partial charge on any atom is 0.331 e. The predicted octanol–water partition coefficient (Wildman–Crippen LogP) is 1.62. The third-order valence-electron chi connectivity index (χ3n) is 4.37. The molecule has 0 spiro atoms. The molecule has 2 aliphatic heterocycles. The second kappa shape index (κ2) is 5.85. The monoisotopic (exact) mass is 289 g/mol. The van der Waals surface area contributed by atoms with Gasteiger partial charge in [0.15, 0.2) is 6.04 Å². The van der Waals surface area contributed by atoms with E-state index < -0.39 is 12.0 Å². The second-order valence-electron chi connectivity index (χ2n) is 5.61. The largest absolute Gasteiger partial charge is 0.479 e. The number of benzene rings is 1. The Labute approximate surface area is 123 Å². The van der Waals surface area contributed by atoms with Crippen molar-refractivity contribution >= 4 is 11.9 Å². The molecule has 0 aromatic heterocycles. The molecule has 5 nitrogen and oxygen atoms in total. The number of aliphatic carboxylic acids is 1. The number of ether oxygens (including phenoxy) is 1. The number of nitrogens with zero attached hydrogens (tertiary/aromatic N) is 1. The summed E-state index contributed by atoms with van der Waals surface area (Å²) >= 11 is 0. The zero-order valence-electron chi connectivity index (χ0n) is 11.8. The van der Waals surface area contributed by atoms with Crippen molar-refractivity contribution in [1.29, 1.82) is 0 Å². The number of fused-ring (bicyclic) bond motifs is 1. The molecule has 1 unspecified atom stereocenters. The lowest BCUT2D eigenvalue weighted by molar-refractivity contribution is -0.154. The molecule has 0 radical (unpaired) electrons. The van der Waals surface area contributed by atoms with Crippen molar-refractivity contribution in [2.24, 2.45) is 5.92 Å². The molecule has 1 aromatic rings. The topological polar surface area (TPSA) is 66.8 Å². The predicted molar refractivity (Wildman–Crippen MR) is 75.8 cm³/mol. The Hall–Kier alpha value is -1.88. The van der Waals surface area contributed by atoms with Crippen LogP contribution in [0, 0.1) is 5.92 Å². The van der Waals surface area contributed by atoms with E-state index in [1.807, 2.05) is 24.3 Å². The van der Waals surface area contributed by atoms with E-state index >= 15 is 0 Å². The smallest absolute Gasteiger partial charge is 0.331 e. The fourth-order valence-corrected chi connectivity index (χ4v) is 3.25. The summed E-state index contributed by atoms with van der Waals surface area (Å²) in [6, 6.07) is 6.65. The summed E-state index contributed by atoms with van der Waals surface area (Å²) in [6.07, 6.45) is 2.08. The fourth-order valence-electron chi connectivity index (χ4n) is 3.25. The molecule has 3 rings (SSSR count). The molecule has 1 aromatic carbocycles. The molecule has 21 heavy (non-hydrogen) atoms. The van der Waals surface area contributed by atoms with Crippen molar-refractivity contribution in [3.8, 4) is 0 Å². The van der Waals surface area contributed by atoms with Crippen molar-refractivity contribution in [1.82, 2.24) is 4.90 Å². The van der Waals surface area contributed by atoms with Crippen LogP contribution in [0.5, 0.6) is 0 Å². The Kier molecular flexibility index (Phi) is 3.92. The Morgan fingerprint density at radius 3 is 2.62 bits per heavy atom. The van der Waals surface area contributed by atoms with Crippen molar-refractivity contribution in [3.05, 3.63) is 35.4 Å². The van der Waals surface area contributed by atoms with Gasteiger partial charge in [0.05, 0.1) is 0 Å². The summed E-state index contributed by atoms with van der Waals surface area (Å²) in [7, 11) is 0. The quantitative estimate of drug-likeness (QED) is 0.898. The van der Waals surface area contributed by atoms with Crippen LogP contribution in [0.15, 0.2) is 24.3 Å². The first-order chi connectivity index (χ1) is 10.2. The average Bonchev–Trinajstić information content (AvgIpc) is 2.53. The van der Waals surface area contributed by atoms with Crippen LogP contribution in [0.4, 0.5) is 0 Å². The fraction of sp³-hybridized carbons (Fsp3) is 0.500. The van der Waals surface area contributed by atoms with Gasteiger partial charge in [0, 0.05) is 25.7 Å². The summed E-state index contributed by atoms with van der Waals surface area (Å²) in [5, 5.41) is 9.58. The Morgan fingerprint density at radius 2 is 1.90 bits per heavy atom. The molecule has 2 aliphatic rings. The molecule has 0 aliphatic carbocycles. The lowest BCUT2D eigenvalue weighted by Gasteiger charge is -2.37. The summed E-state index contributed by atoms with van der Waals surface area (Å²) in [4.78, 5) is 25.9. The maximum atomic E-state index is 12.7. The highest BCUT2D eigenvalue weighted by molar-refractivity contribution is 5.86. The molecular formula is C16H19NO4. The summed E-state index contributed by atoms with van der Waals surface area (Å²) in [6.45, 7) is 1.64. The third-order valence-corrected chi connectivity index (χ3v) is 4.37. The van der Waals surface area contributed by atoms with Crippen LogP contribution in [0.3, 0.4) is 0 Å². The molecule has 112 valence electrons.